The van der Waals surface area contributed by atoms with Gasteiger partial charge in [-0.2, -0.15) is 5.10 Å². The van der Waals surface area contributed by atoms with Gasteiger partial charge in [-0.15, -0.1) is 11.7 Å². The van der Waals surface area contributed by atoms with Gasteiger partial charge in [0, 0.05) is 20.1 Å². The van der Waals surface area contributed by atoms with Crippen LogP contribution in [0.3, 0.4) is 0 Å². The van der Waals surface area contributed by atoms with Gasteiger partial charge in [0.15, 0.2) is 5.82 Å². The predicted molar refractivity (Wildman–Crippen MR) is 62.6 cm³/mol. The van der Waals surface area contributed by atoms with Crippen molar-refractivity contribution in [3.8, 4) is 0 Å². The third-order valence-corrected chi connectivity index (χ3v) is 2.21. The second-order valence-corrected chi connectivity index (χ2v) is 3.44. The zero-order valence-corrected chi connectivity index (χ0v) is 9.19. The quantitative estimate of drug-likeness (QED) is 0.563. The summed E-state index contributed by atoms with van der Waals surface area (Å²) in [5, 5.41) is 8.11. The normalized spacial score (nSPS) is 10.0. The Morgan fingerprint density at radius 3 is 2.80 bits per heavy atom. The average Bonchev–Trinajstić information content (AvgIpc) is 2.29. The summed E-state index contributed by atoms with van der Waals surface area (Å²) >= 11 is 0. The lowest BCUT2D eigenvalue weighted by atomic mass is 10.3. The van der Waals surface area contributed by atoms with Gasteiger partial charge in [0.1, 0.15) is 0 Å². The number of nitrogens with zero attached hydrogens (tertiary/aromatic N) is 3. The van der Waals surface area contributed by atoms with Crippen LogP contribution in [0.4, 0.5) is 5.82 Å². The monoisotopic (exact) mass is 206 g/mol. The molecule has 4 nitrogen and oxygen atoms in total. The molecule has 1 aromatic rings. The minimum Gasteiger partial charge on any atom is -0.358 e. The van der Waals surface area contributed by atoms with Gasteiger partial charge in [0.25, 0.3) is 0 Å². The standard InChI is InChI=1S/C11H18N4/c1-3-4-5-8-15(2)11-7-6-10(9-12)13-14-11/h3,6-7H,1,4-5,8-9,12H2,2H3. The molecule has 0 aliphatic heterocycles. The highest BCUT2D eigenvalue weighted by atomic mass is 15.2. The van der Waals surface area contributed by atoms with Crippen LogP contribution in [0, 0.1) is 0 Å². The van der Waals surface area contributed by atoms with Gasteiger partial charge in [-0.3, -0.25) is 0 Å². The van der Waals surface area contributed by atoms with E-state index in [2.05, 4.69) is 21.7 Å². The van der Waals surface area contributed by atoms with Crippen molar-refractivity contribution in [3.05, 3.63) is 30.5 Å². The first-order chi connectivity index (χ1) is 7.27. The molecule has 0 radical (unpaired) electrons. The molecule has 0 fully saturated rings. The SMILES string of the molecule is C=CCCCN(C)c1ccc(CN)nn1. The number of nitrogens with two attached hydrogens (primary N) is 1. The number of rotatable bonds is 6. The molecule has 1 rings (SSSR count). The highest BCUT2D eigenvalue weighted by Crippen LogP contribution is 2.08. The molecule has 0 spiro atoms. The van der Waals surface area contributed by atoms with Crippen molar-refractivity contribution >= 4 is 5.82 Å². The van der Waals surface area contributed by atoms with Crippen molar-refractivity contribution in [1.82, 2.24) is 10.2 Å². The first-order valence-corrected chi connectivity index (χ1v) is 5.12. The summed E-state index contributed by atoms with van der Waals surface area (Å²) < 4.78 is 0. The van der Waals surface area contributed by atoms with Crippen LogP contribution < -0.4 is 10.6 Å². The Morgan fingerprint density at radius 1 is 1.47 bits per heavy atom. The molecule has 0 saturated carbocycles. The maximum Gasteiger partial charge on any atom is 0.150 e. The van der Waals surface area contributed by atoms with Crippen molar-refractivity contribution < 1.29 is 0 Å². The molecule has 0 bridgehead atoms. The summed E-state index contributed by atoms with van der Waals surface area (Å²) in [6.45, 7) is 5.09. The molecular formula is C11H18N4. The summed E-state index contributed by atoms with van der Waals surface area (Å²) in [5.74, 6) is 0.885. The summed E-state index contributed by atoms with van der Waals surface area (Å²) in [6.07, 6.45) is 4.04. The Bertz CT molecular complexity index is 294. The summed E-state index contributed by atoms with van der Waals surface area (Å²) in [4.78, 5) is 2.08. The van der Waals surface area contributed by atoms with E-state index in [0.29, 0.717) is 6.54 Å². The minimum absolute atomic E-state index is 0.438. The van der Waals surface area contributed by atoms with Gasteiger partial charge in [0.05, 0.1) is 5.69 Å². The van der Waals surface area contributed by atoms with E-state index in [1.165, 1.54) is 0 Å². The zero-order valence-electron chi connectivity index (χ0n) is 9.19. The molecule has 2 N–H and O–H groups in total. The fourth-order valence-electron chi connectivity index (χ4n) is 1.25. The maximum atomic E-state index is 5.45. The highest BCUT2D eigenvalue weighted by molar-refractivity contribution is 5.35. The van der Waals surface area contributed by atoms with Crippen LogP contribution in [0.25, 0.3) is 0 Å². The van der Waals surface area contributed by atoms with Crippen LogP contribution in [-0.2, 0) is 6.54 Å². The van der Waals surface area contributed by atoms with Crippen LogP contribution in [-0.4, -0.2) is 23.8 Å². The molecule has 4 heteroatoms. The van der Waals surface area contributed by atoms with E-state index in [9.17, 15) is 0 Å². The topological polar surface area (TPSA) is 55.0 Å². The number of allylic oxidation sites excluding steroid dienone is 1. The van der Waals surface area contributed by atoms with Crippen molar-refractivity contribution in [2.75, 3.05) is 18.5 Å². The van der Waals surface area contributed by atoms with Gasteiger partial charge in [-0.1, -0.05) is 6.08 Å². The van der Waals surface area contributed by atoms with Gasteiger partial charge in [-0.05, 0) is 25.0 Å². The molecule has 0 aromatic carbocycles. The number of hydrogen-bond donors (Lipinski definition) is 1. The molecule has 0 unspecified atom stereocenters. The first kappa shape index (κ1) is 11.7. The molecule has 0 aliphatic rings. The second kappa shape index (κ2) is 6.14. The van der Waals surface area contributed by atoms with E-state index >= 15 is 0 Å². The Kier molecular flexibility index (Phi) is 4.77. The summed E-state index contributed by atoms with van der Waals surface area (Å²) in [6, 6.07) is 3.86. The van der Waals surface area contributed by atoms with Gasteiger partial charge >= 0.3 is 0 Å². The Hall–Kier alpha value is -1.42. The molecule has 15 heavy (non-hydrogen) atoms. The second-order valence-electron chi connectivity index (χ2n) is 3.44. The highest BCUT2D eigenvalue weighted by Gasteiger charge is 2.02. The average molecular weight is 206 g/mol. The molecule has 0 aliphatic carbocycles. The Morgan fingerprint density at radius 2 is 2.27 bits per heavy atom. The fourth-order valence-corrected chi connectivity index (χ4v) is 1.25. The molecule has 0 atom stereocenters. The number of unbranched alkanes of at least 4 members (excludes halogenated alkanes) is 1. The van der Waals surface area contributed by atoms with Crippen LogP contribution in [0.15, 0.2) is 24.8 Å². The van der Waals surface area contributed by atoms with Crippen LogP contribution in [0.5, 0.6) is 0 Å². The summed E-state index contributed by atoms with van der Waals surface area (Å²) in [7, 11) is 2.01. The van der Waals surface area contributed by atoms with E-state index < -0.39 is 0 Å². The van der Waals surface area contributed by atoms with Crippen molar-refractivity contribution in [2.45, 2.75) is 19.4 Å². The van der Waals surface area contributed by atoms with E-state index in [1.54, 1.807) is 0 Å². The fraction of sp³-hybridized carbons (Fsp3) is 0.455. The lowest BCUT2D eigenvalue weighted by Crippen LogP contribution is -2.20. The third kappa shape index (κ3) is 3.67. The minimum atomic E-state index is 0.438. The van der Waals surface area contributed by atoms with Crippen LogP contribution in [0.2, 0.25) is 0 Å². The number of aromatic nitrogens is 2. The maximum absolute atomic E-state index is 5.45. The number of hydrogen-bond acceptors (Lipinski definition) is 4. The Balaban J connectivity index is 2.50. The Labute approximate surface area is 90.8 Å². The molecule has 1 aromatic heterocycles. The molecule has 82 valence electrons. The lowest BCUT2D eigenvalue weighted by molar-refractivity contribution is 0.775. The van der Waals surface area contributed by atoms with Gasteiger partial charge in [-0.25, -0.2) is 0 Å². The third-order valence-electron chi connectivity index (χ3n) is 2.21. The largest absolute Gasteiger partial charge is 0.358 e. The van der Waals surface area contributed by atoms with Gasteiger partial charge in [0.2, 0.25) is 0 Å². The molecule has 0 amide bonds. The van der Waals surface area contributed by atoms with Crippen molar-refractivity contribution in [3.63, 3.8) is 0 Å². The molecular weight excluding hydrogens is 188 g/mol. The first-order valence-electron chi connectivity index (χ1n) is 5.12. The van der Waals surface area contributed by atoms with Gasteiger partial charge < -0.3 is 10.6 Å². The van der Waals surface area contributed by atoms with Crippen LogP contribution >= 0.6 is 0 Å². The van der Waals surface area contributed by atoms with E-state index in [-0.39, 0.29) is 0 Å². The van der Waals surface area contributed by atoms with E-state index in [4.69, 9.17) is 5.73 Å². The van der Waals surface area contributed by atoms with E-state index in [1.807, 2.05) is 25.3 Å². The zero-order chi connectivity index (χ0) is 11.1. The van der Waals surface area contributed by atoms with Crippen LogP contribution in [0.1, 0.15) is 18.5 Å². The van der Waals surface area contributed by atoms with E-state index in [0.717, 1.165) is 30.9 Å². The molecule has 1 heterocycles. The number of anilines is 1. The van der Waals surface area contributed by atoms with Crippen molar-refractivity contribution in [2.24, 2.45) is 5.73 Å². The van der Waals surface area contributed by atoms with Crippen molar-refractivity contribution in [1.29, 1.82) is 0 Å². The summed E-state index contributed by atoms with van der Waals surface area (Å²) in [5.41, 5.74) is 6.26. The lowest BCUT2D eigenvalue weighted by Gasteiger charge is -2.16. The molecule has 0 saturated heterocycles. The smallest absolute Gasteiger partial charge is 0.150 e. The predicted octanol–water partition coefficient (Wildman–Crippen LogP) is 1.34.